The Hall–Kier alpha value is -1.83. The number of hydrogen-bond acceptors (Lipinski definition) is 6. The Morgan fingerprint density at radius 1 is 0.926 bits per heavy atom. The highest BCUT2D eigenvalue weighted by Gasteiger charge is 2.25. The van der Waals surface area contributed by atoms with Crippen LogP contribution < -0.4 is 16.4 Å². The lowest BCUT2D eigenvalue weighted by atomic mass is 9.79. The Labute approximate surface area is 162 Å². The van der Waals surface area contributed by atoms with Crippen molar-refractivity contribution in [1.29, 1.82) is 0 Å². The van der Waals surface area contributed by atoms with Gasteiger partial charge in [-0.15, -0.1) is 0 Å². The minimum absolute atomic E-state index is 0.0276. The number of ether oxygens (including phenoxy) is 2. The molecule has 8 nitrogen and oxygen atoms in total. The number of rotatable bonds is 3. The third-order valence-electron chi connectivity index (χ3n) is 4.09. The molecule has 8 heteroatoms. The van der Waals surface area contributed by atoms with E-state index in [0.29, 0.717) is 24.9 Å². The molecule has 1 fully saturated rings. The van der Waals surface area contributed by atoms with Crippen LogP contribution in [0, 0.1) is 11.8 Å². The fourth-order valence-electron chi connectivity index (χ4n) is 2.95. The molecule has 0 radical (unpaired) electrons. The van der Waals surface area contributed by atoms with Gasteiger partial charge in [-0.25, -0.2) is 9.59 Å². The highest BCUT2D eigenvalue weighted by atomic mass is 16.6. The second kappa shape index (κ2) is 9.92. The van der Waals surface area contributed by atoms with E-state index in [1.807, 2.05) is 0 Å². The summed E-state index contributed by atoms with van der Waals surface area (Å²) in [5, 5.41) is 5.02. The van der Waals surface area contributed by atoms with Crippen LogP contribution in [0.1, 0.15) is 67.2 Å². The highest BCUT2D eigenvalue weighted by molar-refractivity contribution is 6.01. The van der Waals surface area contributed by atoms with Gasteiger partial charge in [0.1, 0.15) is 11.2 Å². The maximum atomic E-state index is 12.1. The van der Waals surface area contributed by atoms with Gasteiger partial charge in [0.25, 0.3) is 0 Å². The van der Waals surface area contributed by atoms with Gasteiger partial charge in [-0.2, -0.15) is 0 Å². The number of aliphatic imine (C=N–C) groups is 1. The van der Waals surface area contributed by atoms with Crippen LogP contribution in [0.5, 0.6) is 0 Å². The molecule has 0 spiro atoms. The molecule has 0 heterocycles. The molecule has 2 unspecified atom stereocenters. The summed E-state index contributed by atoms with van der Waals surface area (Å²) in [5.74, 6) is 0.770. The summed E-state index contributed by atoms with van der Waals surface area (Å²) in [5.41, 5.74) is 4.56. The summed E-state index contributed by atoms with van der Waals surface area (Å²) in [7, 11) is 0. The predicted octanol–water partition coefficient (Wildman–Crippen LogP) is 3.16. The first-order chi connectivity index (χ1) is 12.4. The lowest BCUT2D eigenvalue weighted by molar-refractivity contribution is 0.0545. The molecule has 1 aliphatic rings. The van der Waals surface area contributed by atoms with Gasteiger partial charge in [-0.05, 0) is 72.8 Å². The first-order valence-electron chi connectivity index (χ1n) is 9.64. The van der Waals surface area contributed by atoms with E-state index in [2.05, 4.69) is 15.6 Å². The molecule has 1 aliphatic carbocycles. The average molecular weight is 385 g/mol. The minimum atomic E-state index is -0.684. The maximum absolute atomic E-state index is 12.1. The third kappa shape index (κ3) is 10.2. The average Bonchev–Trinajstić information content (AvgIpc) is 2.49. The van der Waals surface area contributed by atoms with E-state index in [9.17, 15) is 9.59 Å². The van der Waals surface area contributed by atoms with Crippen molar-refractivity contribution >= 4 is 18.1 Å². The van der Waals surface area contributed by atoms with Crippen molar-refractivity contribution in [3.8, 4) is 0 Å². The van der Waals surface area contributed by atoms with E-state index in [1.165, 1.54) is 6.42 Å². The molecule has 1 rings (SSSR count). The fraction of sp³-hybridized carbons (Fsp3) is 0.842. The normalized spacial score (nSPS) is 20.4. The quantitative estimate of drug-likeness (QED) is 0.511. The summed E-state index contributed by atoms with van der Waals surface area (Å²) in [6.07, 6.45) is 3.09. The van der Waals surface area contributed by atoms with Crippen molar-refractivity contribution in [2.75, 3.05) is 13.1 Å². The molecule has 1 saturated carbocycles. The summed E-state index contributed by atoms with van der Waals surface area (Å²) in [6, 6.07) is 0. The molecule has 0 aliphatic heterocycles. The molecular weight excluding hydrogens is 348 g/mol. The SMILES string of the molecule is CC(C)(C)OC(=O)NC(=NCC1CCCCC1CN)NC(=O)OC(C)(C)C. The molecule has 2 atom stereocenters. The smallest absolute Gasteiger partial charge is 0.414 e. The van der Waals surface area contributed by atoms with Gasteiger partial charge in [0.05, 0.1) is 0 Å². The summed E-state index contributed by atoms with van der Waals surface area (Å²) in [6.45, 7) is 11.7. The van der Waals surface area contributed by atoms with Gasteiger partial charge in [0.2, 0.25) is 5.96 Å². The predicted molar refractivity (Wildman–Crippen MR) is 106 cm³/mol. The van der Waals surface area contributed by atoms with Crippen molar-refractivity contribution in [3.63, 3.8) is 0 Å². The molecule has 0 aromatic heterocycles. The van der Waals surface area contributed by atoms with Gasteiger partial charge < -0.3 is 15.2 Å². The summed E-state index contributed by atoms with van der Waals surface area (Å²) < 4.78 is 10.5. The van der Waals surface area contributed by atoms with Crippen molar-refractivity contribution in [1.82, 2.24) is 10.6 Å². The van der Waals surface area contributed by atoms with Crippen molar-refractivity contribution in [2.45, 2.75) is 78.4 Å². The zero-order valence-corrected chi connectivity index (χ0v) is 17.6. The Morgan fingerprint density at radius 3 is 1.78 bits per heavy atom. The van der Waals surface area contributed by atoms with Crippen LogP contribution in [0.4, 0.5) is 9.59 Å². The number of alkyl carbamates (subject to hydrolysis) is 2. The lowest BCUT2D eigenvalue weighted by Gasteiger charge is -2.29. The number of amides is 2. The second-order valence-corrected chi connectivity index (χ2v) is 8.98. The van der Waals surface area contributed by atoms with E-state index < -0.39 is 23.4 Å². The van der Waals surface area contributed by atoms with E-state index in [1.54, 1.807) is 41.5 Å². The van der Waals surface area contributed by atoms with Gasteiger partial charge in [-0.1, -0.05) is 12.8 Å². The van der Waals surface area contributed by atoms with Crippen LogP contribution in [-0.4, -0.2) is 42.4 Å². The molecule has 0 aromatic carbocycles. The number of guanidine groups is 1. The van der Waals surface area contributed by atoms with Gasteiger partial charge in [0, 0.05) is 6.54 Å². The molecule has 0 bridgehead atoms. The molecule has 4 N–H and O–H groups in total. The van der Waals surface area contributed by atoms with Crippen molar-refractivity contribution < 1.29 is 19.1 Å². The Kier molecular flexibility index (Phi) is 8.53. The van der Waals surface area contributed by atoms with E-state index in [0.717, 1.165) is 19.3 Å². The minimum Gasteiger partial charge on any atom is -0.444 e. The number of carbonyl (C=O) groups excluding carboxylic acids is 2. The van der Waals surface area contributed by atoms with E-state index in [-0.39, 0.29) is 5.96 Å². The van der Waals surface area contributed by atoms with Gasteiger partial charge in [0.15, 0.2) is 0 Å². The standard InChI is InChI=1S/C19H36N4O4/c1-18(2,3)26-16(24)22-15(23-17(25)27-19(4,5)6)21-12-14-10-8-7-9-13(14)11-20/h13-14H,7-12,20H2,1-6H3,(H2,21,22,23,24,25). The second-order valence-electron chi connectivity index (χ2n) is 8.98. The molecule has 27 heavy (non-hydrogen) atoms. The third-order valence-corrected chi connectivity index (χ3v) is 4.09. The topological polar surface area (TPSA) is 115 Å². The molecule has 0 saturated heterocycles. The van der Waals surface area contributed by atoms with Crippen LogP contribution in [0.15, 0.2) is 4.99 Å². The first kappa shape index (κ1) is 23.2. The Bertz CT molecular complexity index is 503. The summed E-state index contributed by atoms with van der Waals surface area (Å²) in [4.78, 5) is 28.6. The number of hydrogen-bond donors (Lipinski definition) is 3. The first-order valence-corrected chi connectivity index (χ1v) is 9.64. The molecule has 2 amide bonds. The van der Waals surface area contributed by atoms with Crippen LogP contribution in [-0.2, 0) is 9.47 Å². The van der Waals surface area contributed by atoms with Gasteiger partial charge in [-0.3, -0.25) is 15.6 Å². The Morgan fingerprint density at radius 2 is 1.37 bits per heavy atom. The Balaban J connectivity index is 2.81. The highest BCUT2D eigenvalue weighted by Crippen LogP contribution is 2.29. The van der Waals surface area contributed by atoms with Crippen LogP contribution in [0.25, 0.3) is 0 Å². The van der Waals surface area contributed by atoms with Crippen LogP contribution >= 0.6 is 0 Å². The maximum Gasteiger partial charge on any atom is 0.414 e. The largest absolute Gasteiger partial charge is 0.444 e. The number of nitrogens with two attached hydrogens (primary N) is 1. The van der Waals surface area contributed by atoms with E-state index >= 15 is 0 Å². The summed E-state index contributed by atoms with van der Waals surface area (Å²) >= 11 is 0. The van der Waals surface area contributed by atoms with Crippen molar-refractivity contribution in [3.05, 3.63) is 0 Å². The molecule has 0 aromatic rings. The van der Waals surface area contributed by atoms with E-state index in [4.69, 9.17) is 15.2 Å². The molecular formula is C19H36N4O4. The number of nitrogens with zero attached hydrogens (tertiary/aromatic N) is 1. The van der Waals surface area contributed by atoms with Gasteiger partial charge >= 0.3 is 12.2 Å². The zero-order valence-electron chi connectivity index (χ0n) is 17.6. The number of carbonyl (C=O) groups is 2. The monoisotopic (exact) mass is 384 g/mol. The molecule has 156 valence electrons. The van der Waals surface area contributed by atoms with Crippen molar-refractivity contribution in [2.24, 2.45) is 22.6 Å². The zero-order chi connectivity index (χ0) is 20.7. The fourth-order valence-corrected chi connectivity index (χ4v) is 2.95. The van der Waals surface area contributed by atoms with Crippen LogP contribution in [0.3, 0.4) is 0 Å². The lowest BCUT2D eigenvalue weighted by Crippen LogP contribution is -2.47. The number of nitrogens with one attached hydrogen (secondary N) is 2. The van der Waals surface area contributed by atoms with Crippen LogP contribution in [0.2, 0.25) is 0 Å².